The zero-order valence-electron chi connectivity index (χ0n) is 12.1. The summed E-state index contributed by atoms with van der Waals surface area (Å²) >= 11 is 0. The zero-order chi connectivity index (χ0) is 14.9. The summed E-state index contributed by atoms with van der Waals surface area (Å²) in [5, 5.41) is 0. The highest BCUT2D eigenvalue weighted by Gasteiger charge is 2.29. The fourth-order valence-electron chi connectivity index (χ4n) is 2.64. The number of benzene rings is 1. The van der Waals surface area contributed by atoms with Crippen LogP contribution in [-0.2, 0) is 16.8 Å². The van der Waals surface area contributed by atoms with Crippen LogP contribution >= 0.6 is 0 Å². The van der Waals surface area contributed by atoms with Crippen molar-refractivity contribution in [2.24, 2.45) is 0 Å². The highest BCUT2D eigenvalue weighted by Crippen LogP contribution is 2.31. The predicted molar refractivity (Wildman–Crippen MR) is 78.6 cm³/mol. The molecule has 0 N–H and O–H groups in total. The predicted octanol–water partition coefficient (Wildman–Crippen LogP) is 1.23. The normalized spacial score (nSPS) is 19.1. The molecule has 1 aromatic carbocycles. The Morgan fingerprint density at radius 3 is 2.52 bits per heavy atom. The second kappa shape index (κ2) is 5.82. The second-order valence-corrected chi connectivity index (χ2v) is 7.38. The standard InChI is InChI=1S/C14H20N2O4S/c1-15(21(17,18)16-6-2-3-7-16)11-12-4-5-13-14(10-12)20-9-8-19-13/h4-5,10H,2-3,6-9,11H2,1H3. The van der Waals surface area contributed by atoms with Crippen molar-refractivity contribution < 1.29 is 17.9 Å². The van der Waals surface area contributed by atoms with Crippen LogP contribution in [0.4, 0.5) is 0 Å². The Balaban J connectivity index is 1.73. The summed E-state index contributed by atoms with van der Waals surface area (Å²) in [6.07, 6.45) is 1.88. The van der Waals surface area contributed by atoms with Crippen LogP contribution < -0.4 is 9.47 Å². The van der Waals surface area contributed by atoms with Gasteiger partial charge in [-0.2, -0.15) is 17.0 Å². The van der Waals surface area contributed by atoms with Gasteiger partial charge in [-0.1, -0.05) is 6.07 Å². The number of hydrogen-bond acceptors (Lipinski definition) is 4. The molecule has 116 valence electrons. The largest absolute Gasteiger partial charge is 0.486 e. The first-order chi connectivity index (χ1) is 10.1. The molecule has 0 amide bonds. The van der Waals surface area contributed by atoms with Crippen molar-refractivity contribution in [3.05, 3.63) is 23.8 Å². The van der Waals surface area contributed by atoms with E-state index in [1.807, 2.05) is 18.2 Å². The molecule has 21 heavy (non-hydrogen) atoms. The Morgan fingerprint density at radius 1 is 1.14 bits per heavy atom. The third-order valence-electron chi connectivity index (χ3n) is 3.80. The quantitative estimate of drug-likeness (QED) is 0.839. The van der Waals surface area contributed by atoms with Crippen molar-refractivity contribution in [2.75, 3.05) is 33.4 Å². The van der Waals surface area contributed by atoms with E-state index in [-0.39, 0.29) is 0 Å². The maximum atomic E-state index is 12.4. The lowest BCUT2D eigenvalue weighted by Crippen LogP contribution is -2.39. The Kier molecular flexibility index (Phi) is 4.05. The summed E-state index contributed by atoms with van der Waals surface area (Å²) in [6.45, 7) is 2.64. The molecule has 3 rings (SSSR count). The van der Waals surface area contributed by atoms with Crippen LogP contribution in [0.5, 0.6) is 11.5 Å². The third kappa shape index (κ3) is 3.00. The lowest BCUT2D eigenvalue weighted by molar-refractivity contribution is 0.171. The average Bonchev–Trinajstić information content (AvgIpc) is 3.02. The fourth-order valence-corrected chi connectivity index (χ4v) is 4.07. The van der Waals surface area contributed by atoms with Gasteiger partial charge in [-0.3, -0.25) is 0 Å². The van der Waals surface area contributed by atoms with E-state index < -0.39 is 10.2 Å². The van der Waals surface area contributed by atoms with Gasteiger partial charge in [0.1, 0.15) is 13.2 Å². The first-order valence-electron chi connectivity index (χ1n) is 7.17. The molecule has 2 aliphatic heterocycles. The SMILES string of the molecule is CN(Cc1ccc2c(c1)OCCO2)S(=O)(=O)N1CCCC1. The van der Waals surface area contributed by atoms with Crippen LogP contribution in [-0.4, -0.2) is 50.4 Å². The topological polar surface area (TPSA) is 59.1 Å². The highest BCUT2D eigenvalue weighted by molar-refractivity contribution is 7.86. The maximum Gasteiger partial charge on any atom is 0.282 e. The third-order valence-corrected chi connectivity index (χ3v) is 5.73. The molecule has 0 saturated carbocycles. The van der Waals surface area contributed by atoms with Crippen LogP contribution in [0.15, 0.2) is 18.2 Å². The van der Waals surface area contributed by atoms with E-state index in [1.165, 1.54) is 4.31 Å². The van der Waals surface area contributed by atoms with E-state index in [4.69, 9.17) is 9.47 Å². The molecule has 1 fully saturated rings. The second-order valence-electron chi connectivity index (χ2n) is 5.35. The minimum atomic E-state index is -3.36. The highest BCUT2D eigenvalue weighted by atomic mass is 32.2. The number of ether oxygens (including phenoxy) is 2. The molecule has 7 heteroatoms. The van der Waals surface area contributed by atoms with E-state index in [1.54, 1.807) is 11.4 Å². The minimum Gasteiger partial charge on any atom is -0.486 e. The van der Waals surface area contributed by atoms with Crippen molar-refractivity contribution in [1.29, 1.82) is 0 Å². The van der Waals surface area contributed by atoms with E-state index in [9.17, 15) is 8.42 Å². The summed E-state index contributed by atoms with van der Waals surface area (Å²) in [5.74, 6) is 1.40. The number of fused-ring (bicyclic) bond motifs is 1. The van der Waals surface area contributed by atoms with Gasteiger partial charge in [-0.25, -0.2) is 0 Å². The number of rotatable bonds is 4. The Labute approximate surface area is 125 Å². The maximum absolute atomic E-state index is 12.4. The van der Waals surface area contributed by atoms with Crippen molar-refractivity contribution in [3.8, 4) is 11.5 Å². The van der Waals surface area contributed by atoms with Crippen LogP contribution in [0.25, 0.3) is 0 Å². The molecule has 6 nitrogen and oxygen atoms in total. The minimum absolute atomic E-state index is 0.329. The van der Waals surface area contributed by atoms with Crippen molar-refractivity contribution in [2.45, 2.75) is 19.4 Å². The van der Waals surface area contributed by atoms with Gasteiger partial charge in [0.05, 0.1) is 0 Å². The summed E-state index contributed by atoms with van der Waals surface area (Å²) in [5.41, 5.74) is 0.893. The van der Waals surface area contributed by atoms with Gasteiger partial charge < -0.3 is 9.47 Å². The Bertz CT molecular complexity index is 611. The molecule has 1 saturated heterocycles. The zero-order valence-corrected chi connectivity index (χ0v) is 12.9. The van der Waals surface area contributed by atoms with Gasteiger partial charge in [0.15, 0.2) is 11.5 Å². The summed E-state index contributed by atoms with van der Waals surface area (Å²) in [6, 6.07) is 5.56. The van der Waals surface area contributed by atoms with Gasteiger partial charge in [0, 0.05) is 26.7 Å². The molecule has 2 heterocycles. The molecule has 1 aromatic rings. The molecule has 0 bridgehead atoms. The molecular formula is C14H20N2O4S. The lowest BCUT2D eigenvalue weighted by Gasteiger charge is -2.24. The summed E-state index contributed by atoms with van der Waals surface area (Å²) in [7, 11) is -1.75. The molecule has 0 unspecified atom stereocenters. The number of nitrogens with zero attached hydrogens (tertiary/aromatic N) is 2. The Morgan fingerprint density at radius 2 is 1.81 bits per heavy atom. The smallest absolute Gasteiger partial charge is 0.282 e. The molecular weight excluding hydrogens is 292 g/mol. The summed E-state index contributed by atoms with van der Waals surface area (Å²) < 4.78 is 38.8. The average molecular weight is 312 g/mol. The van der Waals surface area contributed by atoms with Gasteiger partial charge in [0.2, 0.25) is 0 Å². The Hall–Kier alpha value is -1.31. The van der Waals surface area contributed by atoms with Gasteiger partial charge in [-0.15, -0.1) is 0 Å². The molecule has 0 spiro atoms. The van der Waals surface area contributed by atoms with Crippen LogP contribution in [0.1, 0.15) is 18.4 Å². The fraction of sp³-hybridized carbons (Fsp3) is 0.571. The van der Waals surface area contributed by atoms with E-state index in [0.717, 1.165) is 24.2 Å². The van der Waals surface area contributed by atoms with Crippen LogP contribution in [0, 0.1) is 0 Å². The lowest BCUT2D eigenvalue weighted by atomic mass is 10.2. The first kappa shape index (κ1) is 14.6. The van der Waals surface area contributed by atoms with Crippen LogP contribution in [0.3, 0.4) is 0 Å². The van der Waals surface area contributed by atoms with E-state index >= 15 is 0 Å². The molecule has 0 radical (unpaired) electrons. The van der Waals surface area contributed by atoms with Gasteiger partial charge >= 0.3 is 0 Å². The molecule has 0 atom stereocenters. The molecule has 0 aliphatic carbocycles. The summed E-state index contributed by atoms with van der Waals surface area (Å²) in [4.78, 5) is 0. The molecule has 0 aromatic heterocycles. The monoisotopic (exact) mass is 312 g/mol. The molecule has 2 aliphatic rings. The van der Waals surface area contributed by atoms with Crippen molar-refractivity contribution >= 4 is 10.2 Å². The van der Waals surface area contributed by atoms with Gasteiger partial charge in [0.25, 0.3) is 10.2 Å². The number of hydrogen-bond donors (Lipinski definition) is 0. The van der Waals surface area contributed by atoms with Crippen molar-refractivity contribution in [3.63, 3.8) is 0 Å². The van der Waals surface area contributed by atoms with Gasteiger partial charge in [-0.05, 0) is 30.5 Å². The van der Waals surface area contributed by atoms with Crippen LogP contribution in [0.2, 0.25) is 0 Å². The first-order valence-corrected chi connectivity index (χ1v) is 8.57. The van der Waals surface area contributed by atoms with Crippen molar-refractivity contribution in [1.82, 2.24) is 8.61 Å². The van der Waals surface area contributed by atoms with E-state index in [0.29, 0.717) is 38.6 Å². The van der Waals surface area contributed by atoms with E-state index in [2.05, 4.69) is 0 Å².